The van der Waals surface area contributed by atoms with E-state index in [9.17, 15) is 18.0 Å². The van der Waals surface area contributed by atoms with E-state index < -0.39 is 12.8 Å². The van der Waals surface area contributed by atoms with Crippen LogP contribution in [-0.4, -0.2) is 36.3 Å². The number of ether oxygens (including phenoxy) is 1. The van der Waals surface area contributed by atoms with Crippen molar-refractivity contribution in [3.8, 4) is 5.88 Å². The Morgan fingerprint density at radius 2 is 2.23 bits per heavy atom. The van der Waals surface area contributed by atoms with E-state index in [4.69, 9.17) is 0 Å². The number of nitrogens with one attached hydrogen (secondary N) is 3. The molecule has 1 saturated heterocycles. The molecule has 4 unspecified atom stereocenters. The lowest BCUT2D eigenvalue weighted by Crippen LogP contribution is -2.49. The van der Waals surface area contributed by atoms with Crippen LogP contribution in [0.4, 0.5) is 13.2 Å². The van der Waals surface area contributed by atoms with Crippen LogP contribution in [0, 0.1) is 17.8 Å². The average Bonchev–Trinajstić information content (AvgIpc) is 3.05. The van der Waals surface area contributed by atoms with Gasteiger partial charge in [-0.1, -0.05) is 6.92 Å². The molecule has 1 aromatic rings. The van der Waals surface area contributed by atoms with Crippen molar-refractivity contribution >= 4 is 5.91 Å². The van der Waals surface area contributed by atoms with Gasteiger partial charge in [-0.2, -0.15) is 13.2 Å². The third kappa shape index (κ3) is 4.85. The number of aromatic nitrogens is 1. The van der Waals surface area contributed by atoms with Gasteiger partial charge >= 0.3 is 6.18 Å². The number of hydrogen-bond donors (Lipinski definition) is 3. The fourth-order valence-electron chi connectivity index (χ4n) is 3.79. The first kappa shape index (κ1) is 18.9. The van der Waals surface area contributed by atoms with Crippen molar-refractivity contribution in [3.05, 3.63) is 23.9 Å². The average molecular weight is 372 g/mol. The maximum Gasteiger partial charge on any atom is 0.422 e. The summed E-state index contributed by atoms with van der Waals surface area (Å²) in [5.41, 5.74) is 6.97. The molecule has 0 bridgehead atoms. The zero-order chi connectivity index (χ0) is 18.7. The Labute approximate surface area is 149 Å². The number of pyridine rings is 1. The van der Waals surface area contributed by atoms with Crippen molar-refractivity contribution < 1.29 is 22.7 Å². The van der Waals surface area contributed by atoms with Gasteiger partial charge in [0.05, 0.1) is 5.92 Å². The van der Waals surface area contributed by atoms with Crippen molar-refractivity contribution in [1.82, 2.24) is 21.2 Å². The van der Waals surface area contributed by atoms with Gasteiger partial charge in [-0.3, -0.25) is 15.6 Å². The number of hydrogen-bond acceptors (Lipinski definition) is 5. The summed E-state index contributed by atoms with van der Waals surface area (Å²) in [6.07, 6.45) is -1.13. The first-order chi connectivity index (χ1) is 12.3. The molecule has 1 aliphatic carbocycles. The summed E-state index contributed by atoms with van der Waals surface area (Å²) in [7, 11) is 0. The van der Waals surface area contributed by atoms with Gasteiger partial charge in [0.15, 0.2) is 6.61 Å². The summed E-state index contributed by atoms with van der Waals surface area (Å²) in [5, 5.41) is 2.89. The Morgan fingerprint density at radius 3 is 3.00 bits per heavy atom. The summed E-state index contributed by atoms with van der Waals surface area (Å²) in [4.78, 5) is 16.4. The molecule has 0 spiro atoms. The number of alkyl halides is 3. The highest BCUT2D eigenvalue weighted by Crippen LogP contribution is 2.35. The van der Waals surface area contributed by atoms with Crippen molar-refractivity contribution in [2.45, 2.75) is 38.5 Å². The fourth-order valence-corrected chi connectivity index (χ4v) is 3.79. The molecule has 2 fully saturated rings. The highest BCUT2D eigenvalue weighted by atomic mass is 19.4. The maximum atomic E-state index is 12.6. The minimum absolute atomic E-state index is 0.0441. The monoisotopic (exact) mass is 372 g/mol. The molecular weight excluding hydrogens is 349 g/mol. The number of carbonyl (C=O) groups is 1. The molecule has 2 heterocycles. The van der Waals surface area contributed by atoms with E-state index in [1.54, 1.807) is 6.07 Å². The molecule has 144 valence electrons. The lowest BCUT2D eigenvalue weighted by atomic mass is 9.73. The topological polar surface area (TPSA) is 75.3 Å². The molecule has 3 rings (SSSR count). The molecule has 0 radical (unpaired) electrons. The molecule has 1 aromatic heterocycles. The summed E-state index contributed by atoms with van der Waals surface area (Å²) in [6, 6.07) is 3.17. The Hall–Kier alpha value is -1.87. The lowest BCUT2D eigenvalue weighted by Gasteiger charge is -2.35. The standard InChI is InChI=1S/C17H23F3N4O2/c1-10-4-12-8-23-24-15(12)13(5-10)16(25)22-7-11-2-3-21-14(6-11)26-9-17(18,19)20/h2-3,6,10,12-13,15,23-24H,4-5,7-9H2,1H3,(H,22,25). The van der Waals surface area contributed by atoms with Gasteiger partial charge in [-0.05, 0) is 36.3 Å². The quantitative estimate of drug-likeness (QED) is 0.735. The van der Waals surface area contributed by atoms with Gasteiger partial charge in [0.1, 0.15) is 0 Å². The van der Waals surface area contributed by atoms with Crippen molar-refractivity contribution in [2.75, 3.05) is 13.2 Å². The van der Waals surface area contributed by atoms with Gasteiger partial charge in [-0.25, -0.2) is 4.98 Å². The second kappa shape index (κ2) is 7.79. The Bertz CT molecular complexity index is 641. The van der Waals surface area contributed by atoms with Crippen LogP contribution in [0.3, 0.4) is 0 Å². The molecule has 6 nitrogen and oxygen atoms in total. The smallest absolute Gasteiger partial charge is 0.422 e. The number of nitrogens with zero attached hydrogens (tertiary/aromatic N) is 1. The minimum atomic E-state index is -4.41. The van der Waals surface area contributed by atoms with Crippen LogP contribution in [0.2, 0.25) is 0 Å². The van der Waals surface area contributed by atoms with E-state index >= 15 is 0 Å². The predicted molar refractivity (Wildman–Crippen MR) is 87.9 cm³/mol. The Balaban J connectivity index is 1.55. The Morgan fingerprint density at radius 1 is 1.42 bits per heavy atom. The zero-order valence-corrected chi connectivity index (χ0v) is 14.5. The molecule has 1 amide bonds. The van der Waals surface area contributed by atoms with Crippen molar-refractivity contribution in [3.63, 3.8) is 0 Å². The largest absolute Gasteiger partial charge is 0.468 e. The third-order valence-corrected chi connectivity index (χ3v) is 4.92. The van der Waals surface area contributed by atoms with Crippen LogP contribution >= 0.6 is 0 Å². The lowest BCUT2D eigenvalue weighted by molar-refractivity contribution is -0.154. The number of halogens is 3. The summed E-state index contributed by atoms with van der Waals surface area (Å²) >= 11 is 0. The van der Waals surface area contributed by atoms with Crippen LogP contribution in [0.25, 0.3) is 0 Å². The molecular formula is C17H23F3N4O2. The van der Waals surface area contributed by atoms with Gasteiger partial charge in [-0.15, -0.1) is 0 Å². The minimum Gasteiger partial charge on any atom is -0.468 e. The number of carbonyl (C=O) groups excluding carboxylic acids is 1. The van der Waals surface area contributed by atoms with Crippen LogP contribution in [0.5, 0.6) is 5.88 Å². The first-order valence-electron chi connectivity index (χ1n) is 8.72. The Kier molecular flexibility index (Phi) is 5.67. The van der Waals surface area contributed by atoms with Crippen molar-refractivity contribution in [1.29, 1.82) is 0 Å². The van der Waals surface area contributed by atoms with Crippen LogP contribution in [0.1, 0.15) is 25.3 Å². The SMILES string of the molecule is CC1CC2CNNC2C(C(=O)NCc2ccnc(OCC(F)(F)F)c2)C1. The van der Waals surface area contributed by atoms with E-state index in [2.05, 4.69) is 32.8 Å². The van der Waals surface area contributed by atoms with E-state index in [1.165, 1.54) is 12.3 Å². The number of hydrazine groups is 1. The van der Waals surface area contributed by atoms with Gasteiger partial charge < -0.3 is 10.1 Å². The molecule has 4 atom stereocenters. The molecule has 1 aliphatic heterocycles. The first-order valence-corrected chi connectivity index (χ1v) is 8.72. The second-order valence-electron chi connectivity index (χ2n) is 7.12. The third-order valence-electron chi connectivity index (χ3n) is 4.92. The highest BCUT2D eigenvalue weighted by Gasteiger charge is 2.42. The second-order valence-corrected chi connectivity index (χ2v) is 7.12. The van der Waals surface area contributed by atoms with E-state index in [0.29, 0.717) is 17.4 Å². The molecule has 2 aliphatic rings. The van der Waals surface area contributed by atoms with Gasteiger partial charge in [0, 0.05) is 31.4 Å². The van der Waals surface area contributed by atoms with Crippen molar-refractivity contribution in [2.24, 2.45) is 17.8 Å². The predicted octanol–water partition coefficient (Wildman–Crippen LogP) is 1.78. The van der Waals surface area contributed by atoms with Gasteiger partial charge in [0.25, 0.3) is 0 Å². The molecule has 26 heavy (non-hydrogen) atoms. The molecule has 1 saturated carbocycles. The van der Waals surface area contributed by atoms with Gasteiger partial charge in [0.2, 0.25) is 11.8 Å². The molecule has 0 aromatic carbocycles. The summed E-state index contributed by atoms with van der Waals surface area (Å²) in [6.45, 7) is 1.85. The van der Waals surface area contributed by atoms with Crippen LogP contribution in [0.15, 0.2) is 18.3 Å². The highest BCUT2D eigenvalue weighted by molar-refractivity contribution is 5.79. The normalized spacial score (nSPS) is 28.5. The van der Waals surface area contributed by atoms with Crippen LogP contribution < -0.4 is 20.9 Å². The number of rotatable bonds is 5. The van der Waals surface area contributed by atoms with E-state index in [0.717, 1.165) is 19.4 Å². The van der Waals surface area contributed by atoms with E-state index in [1.807, 2.05) is 0 Å². The summed E-state index contributed by atoms with van der Waals surface area (Å²) in [5.74, 6) is 0.649. The summed E-state index contributed by atoms with van der Waals surface area (Å²) < 4.78 is 41.3. The molecule has 3 N–H and O–H groups in total. The maximum absolute atomic E-state index is 12.6. The zero-order valence-electron chi connectivity index (χ0n) is 14.5. The molecule has 9 heteroatoms. The van der Waals surface area contributed by atoms with E-state index in [-0.39, 0.29) is 30.3 Å². The van der Waals surface area contributed by atoms with Crippen LogP contribution in [-0.2, 0) is 11.3 Å². The fraction of sp³-hybridized carbons (Fsp3) is 0.647. The number of fused-ring (bicyclic) bond motifs is 1. The number of amides is 1.